The van der Waals surface area contributed by atoms with E-state index in [1.54, 1.807) is 16.2 Å². The summed E-state index contributed by atoms with van der Waals surface area (Å²) in [5, 5.41) is 9.30. The highest BCUT2D eigenvalue weighted by Crippen LogP contribution is 2.21. The summed E-state index contributed by atoms with van der Waals surface area (Å²) in [6.07, 6.45) is 0.482. The van der Waals surface area contributed by atoms with E-state index in [2.05, 4.69) is 0 Å². The second kappa shape index (κ2) is 6.85. The molecule has 1 aromatic heterocycles. The van der Waals surface area contributed by atoms with E-state index in [4.69, 9.17) is 4.74 Å². The van der Waals surface area contributed by atoms with Crippen molar-refractivity contribution >= 4 is 23.2 Å². The number of thiophene rings is 1. The van der Waals surface area contributed by atoms with Crippen LogP contribution >= 0.6 is 11.3 Å². The maximum atomic E-state index is 12.1. The van der Waals surface area contributed by atoms with Gasteiger partial charge in [-0.3, -0.25) is 9.59 Å². The smallest absolute Gasteiger partial charge is 0.307 e. The van der Waals surface area contributed by atoms with E-state index < -0.39 is 11.9 Å². The molecule has 1 aliphatic rings. The summed E-state index contributed by atoms with van der Waals surface area (Å²) in [6.45, 7) is 4.18. The standard InChI is InChI=1S/C14H19NO4S/c1-10-2-3-12(20-10)8-11(14(17)18)9-13(16)15-4-6-19-7-5-15/h2-3,11H,4-9H2,1H3,(H,17,18)/t11-/m1/s1. The minimum absolute atomic E-state index is 0.0618. The minimum Gasteiger partial charge on any atom is -0.481 e. The zero-order chi connectivity index (χ0) is 14.5. The third kappa shape index (κ3) is 4.05. The zero-order valence-electron chi connectivity index (χ0n) is 11.5. The first-order valence-corrected chi connectivity index (χ1v) is 7.51. The van der Waals surface area contributed by atoms with Crippen molar-refractivity contribution in [2.75, 3.05) is 26.3 Å². The number of nitrogens with zero attached hydrogens (tertiary/aromatic N) is 1. The quantitative estimate of drug-likeness (QED) is 0.895. The van der Waals surface area contributed by atoms with E-state index in [9.17, 15) is 14.7 Å². The van der Waals surface area contributed by atoms with Crippen LogP contribution < -0.4 is 0 Å². The highest BCUT2D eigenvalue weighted by Gasteiger charge is 2.26. The molecule has 0 aromatic carbocycles. The Hall–Kier alpha value is -1.40. The van der Waals surface area contributed by atoms with Crippen molar-refractivity contribution in [3.8, 4) is 0 Å². The lowest BCUT2D eigenvalue weighted by atomic mass is 9.99. The van der Waals surface area contributed by atoms with Gasteiger partial charge >= 0.3 is 5.97 Å². The summed E-state index contributed by atoms with van der Waals surface area (Å²) in [4.78, 5) is 27.3. The van der Waals surface area contributed by atoms with Crippen LogP contribution in [0.15, 0.2) is 12.1 Å². The number of carbonyl (C=O) groups is 2. The van der Waals surface area contributed by atoms with Gasteiger partial charge in [0.15, 0.2) is 0 Å². The highest BCUT2D eigenvalue weighted by molar-refractivity contribution is 7.11. The molecule has 0 saturated carbocycles. The van der Waals surface area contributed by atoms with Gasteiger partial charge in [-0.15, -0.1) is 11.3 Å². The Morgan fingerprint density at radius 2 is 2.10 bits per heavy atom. The summed E-state index contributed by atoms with van der Waals surface area (Å²) in [5.41, 5.74) is 0. The predicted molar refractivity (Wildman–Crippen MR) is 75.9 cm³/mol. The molecule has 0 bridgehead atoms. The van der Waals surface area contributed by atoms with Crippen LogP contribution in [0, 0.1) is 12.8 Å². The van der Waals surface area contributed by atoms with E-state index >= 15 is 0 Å². The number of hydrogen-bond donors (Lipinski definition) is 1. The van der Waals surface area contributed by atoms with Gasteiger partial charge in [0.1, 0.15) is 0 Å². The molecule has 20 heavy (non-hydrogen) atoms. The molecular formula is C14H19NO4S. The lowest BCUT2D eigenvalue weighted by Crippen LogP contribution is -2.42. The maximum absolute atomic E-state index is 12.1. The Kier molecular flexibility index (Phi) is 5.14. The van der Waals surface area contributed by atoms with Crippen LogP contribution in [0.5, 0.6) is 0 Å². The monoisotopic (exact) mass is 297 g/mol. The van der Waals surface area contributed by atoms with E-state index in [0.29, 0.717) is 32.7 Å². The van der Waals surface area contributed by atoms with Crippen LogP contribution in [0.3, 0.4) is 0 Å². The van der Waals surface area contributed by atoms with Gasteiger partial charge in [-0.05, 0) is 25.5 Å². The topological polar surface area (TPSA) is 66.8 Å². The fourth-order valence-electron chi connectivity index (χ4n) is 2.24. The second-order valence-corrected chi connectivity index (χ2v) is 6.32. The summed E-state index contributed by atoms with van der Waals surface area (Å²) in [6, 6.07) is 3.91. The van der Waals surface area contributed by atoms with Gasteiger partial charge in [-0.25, -0.2) is 0 Å². The second-order valence-electron chi connectivity index (χ2n) is 4.95. The van der Waals surface area contributed by atoms with Crippen LogP contribution in [0.2, 0.25) is 0 Å². The number of morpholine rings is 1. The van der Waals surface area contributed by atoms with Crippen molar-refractivity contribution in [3.05, 3.63) is 21.9 Å². The number of ether oxygens (including phenoxy) is 1. The molecule has 0 radical (unpaired) electrons. The van der Waals surface area contributed by atoms with Crippen molar-refractivity contribution in [1.82, 2.24) is 4.90 Å². The predicted octanol–water partition coefficient (Wildman–Crippen LogP) is 1.55. The summed E-state index contributed by atoms with van der Waals surface area (Å²) < 4.78 is 5.19. The van der Waals surface area contributed by atoms with Gasteiger partial charge in [0.05, 0.1) is 19.1 Å². The van der Waals surface area contributed by atoms with Crippen LogP contribution in [-0.2, 0) is 20.7 Å². The van der Waals surface area contributed by atoms with Crippen molar-refractivity contribution in [1.29, 1.82) is 0 Å². The molecule has 1 saturated heterocycles. The van der Waals surface area contributed by atoms with Crippen molar-refractivity contribution < 1.29 is 19.4 Å². The first-order chi connectivity index (χ1) is 9.56. The average molecular weight is 297 g/mol. The molecule has 2 heterocycles. The molecular weight excluding hydrogens is 278 g/mol. The fraction of sp³-hybridized carbons (Fsp3) is 0.571. The molecule has 1 fully saturated rings. The Balaban J connectivity index is 1.94. The molecule has 1 aliphatic heterocycles. The van der Waals surface area contributed by atoms with Crippen LogP contribution in [-0.4, -0.2) is 48.2 Å². The van der Waals surface area contributed by atoms with Crippen LogP contribution in [0.4, 0.5) is 0 Å². The molecule has 0 spiro atoms. The normalized spacial score (nSPS) is 16.9. The lowest BCUT2D eigenvalue weighted by Gasteiger charge is -2.27. The maximum Gasteiger partial charge on any atom is 0.307 e. The van der Waals surface area contributed by atoms with E-state index in [1.165, 1.54) is 0 Å². The molecule has 6 heteroatoms. The summed E-state index contributed by atoms with van der Waals surface area (Å²) in [5.74, 6) is -1.64. The van der Waals surface area contributed by atoms with E-state index in [0.717, 1.165) is 9.75 Å². The number of rotatable bonds is 5. The molecule has 1 aromatic rings. The third-order valence-corrected chi connectivity index (χ3v) is 4.40. The molecule has 5 nitrogen and oxygen atoms in total. The number of aliphatic carboxylic acids is 1. The van der Waals surface area contributed by atoms with Crippen molar-refractivity contribution in [2.24, 2.45) is 5.92 Å². The van der Waals surface area contributed by atoms with Gasteiger partial charge in [-0.2, -0.15) is 0 Å². The number of hydrogen-bond acceptors (Lipinski definition) is 4. The van der Waals surface area contributed by atoms with Gasteiger partial charge in [-0.1, -0.05) is 0 Å². The largest absolute Gasteiger partial charge is 0.481 e. The number of carboxylic acids is 1. The minimum atomic E-state index is -0.905. The molecule has 0 aliphatic carbocycles. The molecule has 1 N–H and O–H groups in total. The SMILES string of the molecule is Cc1ccc(C[C@H](CC(=O)N2CCOCC2)C(=O)O)s1. The van der Waals surface area contributed by atoms with Crippen LogP contribution in [0.25, 0.3) is 0 Å². The van der Waals surface area contributed by atoms with Gasteiger partial charge < -0.3 is 14.7 Å². The first-order valence-electron chi connectivity index (χ1n) is 6.70. The molecule has 0 unspecified atom stereocenters. The Labute approximate surface area is 122 Å². The van der Waals surface area contributed by atoms with Crippen LogP contribution in [0.1, 0.15) is 16.2 Å². The fourth-order valence-corrected chi connectivity index (χ4v) is 3.21. The molecule has 2 rings (SSSR count). The summed E-state index contributed by atoms with van der Waals surface area (Å²) >= 11 is 1.59. The van der Waals surface area contributed by atoms with Gasteiger partial charge in [0.2, 0.25) is 5.91 Å². The molecule has 110 valence electrons. The number of aryl methyl sites for hydroxylation is 1. The van der Waals surface area contributed by atoms with E-state index in [-0.39, 0.29) is 12.3 Å². The number of amides is 1. The average Bonchev–Trinajstić information content (AvgIpc) is 2.84. The van der Waals surface area contributed by atoms with E-state index in [1.807, 2.05) is 19.1 Å². The zero-order valence-corrected chi connectivity index (χ0v) is 12.3. The highest BCUT2D eigenvalue weighted by atomic mass is 32.1. The number of carbonyl (C=O) groups excluding carboxylic acids is 1. The van der Waals surface area contributed by atoms with Crippen molar-refractivity contribution in [3.63, 3.8) is 0 Å². The molecule has 1 atom stereocenters. The first kappa shape index (κ1) is 15.0. The Morgan fingerprint density at radius 3 is 2.65 bits per heavy atom. The van der Waals surface area contributed by atoms with Crippen molar-refractivity contribution in [2.45, 2.75) is 19.8 Å². The third-order valence-electron chi connectivity index (χ3n) is 3.38. The Morgan fingerprint density at radius 1 is 1.40 bits per heavy atom. The lowest BCUT2D eigenvalue weighted by molar-refractivity contribution is -0.147. The Bertz CT molecular complexity index is 479. The number of carboxylic acid groups (broad SMARTS) is 1. The molecule has 1 amide bonds. The van der Waals surface area contributed by atoms with Gasteiger partial charge in [0, 0.05) is 29.3 Å². The summed E-state index contributed by atoms with van der Waals surface area (Å²) in [7, 11) is 0. The van der Waals surface area contributed by atoms with Gasteiger partial charge in [0.25, 0.3) is 0 Å².